The molecule has 0 aliphatic carbocycles. The fourth-order valence-corrected chi connectivity index (χ4v) is 4.97. The number of fused-ring (bicyclic) bond motifs is 2. The van der Waals surface area contributed by atoms with Gasteiger partial charge in [-0.25, -0.2) is 9.97 Å². The molecule has 0 unspecified atom stereocenters. The lowest BCUT2D eigenvalue weighted by Crippen LogP contribution is -2.34. The summed E-state index contributed by atoms with van der Waals surface area (Å²) in [6, 6.07) is 10.6. The molecule has 0 spiro atoms. The Kier molecular flexibility index (Phi) is 3.67. The molecule has 3 atom stereocenters. The first-order valence-electron chi connectivity index (χ1n) is 9.49. The largest absolute Gasteiger partial charge is 0.355 e. The Morgan fingerprint density at radius 2 is 2.00 bits per heavy atom. The van der Waals surface area contributed by atoms with Crippen LogP contribution in [-0.4, -0.2) is 45.4 Å². The van der Waals surface area contributed by atoms with Gasteiger partial charge in [0.1, 0.15) is 17.8 Å². The Bertz CT molecular complexity index is 1010. The summed E-state index contributed by atoms with van der Waals surface area (Å²) in [7, 11) is 0. The van der Waals surface area contributed by atoms with Gasteiger partial charge in [-0.2, -0.15) is 0 Å². The number of H-pyrrole nitrogens is 1. The Balaban J connectivity index is 1.51. The van der Waals surface area contributed by atoms with E-state index in [4.69, 9.17) is 0 Å². The SMILES string of the molecule is CC(=O)N1C[C@H]2CN(c3ncnc4[nH]ccc34)C[C@H]2[C@@H]1c1ccccc1C. The molecule has 2 aliphatic heterocycles. The monoisotopic (exact) mass is 361 g/mol. The number of amides is 1. The lowest BCUT2D eigenvalue weighted by Gasteiger charge is -2.30. The number of aryl methyl sites for hydroxylation is 1. The van der Waals surface area contributed by atoms with Crippen molar-refractivity contribution in [3.63, 3.8) is 0 Å². The fourth-order valence-electron chi connectivity index (χ4n) is 4.97. The van der Waals surface area contributed by atoms with E-state index in [2.05, 4.69) is 55.9 Å². The number of nitrogens with one attached hydrogen (secondary N) is 1. The van der Waals surface area contributed by atoms with Crippen LogP contribution in [0.1, 0.15) is 24.1 Å². The van der Waals surface area contributed by atoms with E-state index < -0.39 is 0 Å². The fraction of sp³-hybridized carbons (Fsp3) is 0.381. The van der Waals surface area contributed by atoms with E-state index in [0.717, 1.165) is 36.5 Å². The van der Waals surface area contributed by atoms with E-state index in [1.54, 1.807) is 13.3 Å². The number of carbonyl (C=O) groups excluding carboxylic acids is 1. The topological polar surface area (TPSA) is 65.1 Å². The molecular formula is C21H23N5O. The predicted molar refractivity (Wildman–Crippen MR) is 104 cm³/mol. The molecule has 3 aromatic rings. The maximum Gasteiger partial charge on any atom is 0.219 e. The van der Waals surface area contributed by atoms with Crippen molar-refractivity contribution >= 4 is 22.8 Å². The second kappa shape index (κ2) is 6.08. The van der Waals surface area contributed by atoms with Crippen LogP contribution in [0.15, 0.2) is 42.9 Å². The van der Waals surface area contributed by atoms with Crippen molar-refractivity contribution < 1.29 is 4.79 Å². The Hall–Kier alpha value is -2.89. The molecular weight excluding hydrogens is 338 g/mol. The lowest BCUT2D eigenvalue weighted by molar-refractivity contribution is -0.130. The zero-order valence-corrected chi connectivity index (χ0v) is 15.6. The van der Waals surface area contributed by atoms with E-state index in [-0.39, 0.29) is 11.9 Å². The van der Waals surface area contributed by atoms with E-state index in [1.165, 1.54) is 11.1 Å². The van der Waals surface area contributed by atoms with Gasteiger partial charge in [0.05, 0.1) is 11.4 Å². The van der Waals surface area contributed by atoms with Crippen LogP contribution < -0.4 is 4.90 Å². The maximum absolute atomic E-state index is 12.4. The van der Waals surface area contributed by atoms with Crippen LogP contribution in [0.4, 0.5) is 5.82 Å². The van der Waals surface area contributed by atoms with Crippen LogP contribution in [0.3, 0.4) is 0 Å². The zero-order chi connectivity index (χ0) is 18.5. The zero-order valence-electron chi connectivity index (χ0n) is 15.6. The molecule has 5 rings (SSSR count). The minimum Gasteiger partial charge on any atom is -0.355 e. The summed E-state index contributed by atoms with van der Waals surface area (Å²) in [5.41, 5.74) is 3.40. The minimum atomic E-state index is 0.141. The van der Waals surface area contributed by atoms with Crippen LogP contribution in [-0.2, 0) is 4.79 Å². The number of hydrogen-bond donors (Lipinski definition) is 1. The molecule has 2 aromatic heterocycles. The smallest absolute Gasteiger partial charge is 0.219 e. The molecule has 0 saturated carbocycles. The third-order valence-electron chi connectivity index (χ3n) is 6.21. The van der Waals surface area contributed by atoms with Gasteiger partial charge in [-0.3, -0.25) is 4.79 Å². The third-order valence-corrected chi connectivity index (χ3v) is 6.21. The number of anilines is 1. The van der Waals surface area contributed by atoms with Gasteiger partial charge in [0.25, 0.3) is 0 Å². The van der Waals surface area contributed by atoms with Gasteiger partial charge < -0.3 is 14.8 Å². The Morgan fingerprint density at radius 1 is 1.15 bits per heavy atom. The number of benzene rings is 1. The standard InChI is InChI=1S/C21H23N5O/c1-13-5-3-4-6-16(13)19-18-11-25(9-15(18)10-26(19)14(2)27)21-17-7-8-22-20(17)23-12-24-21/h3-8,12,15,18-19H,9-11H2,1-2H3,(H,22,23,24)/t15-,18-,19+/m1/s1. The molecule has 4 heterocycles. The molecule has 0 bridgehead atoms. The lowest BCUT2D eigenvalue weighted by atomic mass is 9.87. The normalized spacial score (nSPS) is 24.6. The first-order chi connectivity index (χ1) is 13.1. The summed E-state index contributed by atoms with van der Waals surface area (Å²) in [6.45, 7) is 6.48. The van der Waals surface area contributed by atoms with E-state index >= 15 is 0 Å². The summed E-state index contributed by atoms with van der Waals surface area (Å²) < 4.78 is 0. The third kappa shape index (κ3) is 2.51. The number of rotatable bonds is 2. The van der Waals surface area contributed by atoms with E-state index in [0.29, 0.717) is 11.8 Å². The first kappa shape index (κ1) is 16.3. The summed E-state index contributed by atoms with van der Waals surface area (Å²) in [6.07, 6.45) is 3.54. The summed E-state index contributed by atoms with van der Waals surface area (Å²) in [4.78, 5) is 28.8. The van der Waals surface area contributed by atoms with Gasteiger partial charge in [-0.1, -0.05) is 24.3 Å². The molecule has 6 nitrogen and oxygen atoms in total. The highest BCUT2D eigenvalue weighted by Gasteiger charge is 2.49. The average molecular weight is 361 g/mol. The number of hydrogen-bond acceptors (Lipinski definition) is 4. The number of likely N-dealkylation sites (tertiary alicyclic amines) is 1. The summed E-state index contributed by atoms with van der Waals surface area (Å²) >= 11 is 0. The summed E-state index contributed by atoms with van der Waals surface area (Å²) in [5, 5.41) is 1.06. The van der Waals surface area contributed by atoms with Crippen molar-refractivity contribution in [3.05, 3.63) is 54.0 Å². The van der Waals surface area contributed by atoms with Crippen LogP contribution in [0.2, 0.25) is 0 Å². The molecule has 138 valence electrons. The van der Waals surface area contributed by atoms with Gasteiger partial charge in [-0.15, -0.1) is 0 Å². The van der Waals surface area contributed by atoms with E-state index in [9.17, 15) is 4.79 Å². The molecule has 1 aromatic carbocycles. The maximum atomic E-state index is 12.4. The van der Waals surface area contributed by atoms with Gasteiger partial charge in [-0.05, 0) is 24.1 Å². The van der Waals surface area contributed by atoms with Crippen LogP contribution >= 0.6 is 0 Å². The van der Waals surface area contributed by atoms with Crippen molar-refractivity contribution in [2.75, 3.05) is 24.5 Å². The second-order valence-corrected chi connectivity index (χ2v) is 7.74. The summed E-state index contributed by atoms with van der Waals surface area (Å²) in [5.74, 6) is 2.04. The molecule has 27 heavy (non-hydrogen) atoms. The highest BCUT2D eigenvalue weighted by molar-refractivity contribution is 5.87. The molecule has 1 amide bonds. The molecule has 2 saturated heterocycles. The number of nitrogens with zero attached hydrogens (tertiary/aromatic N) is 4. The molecule has 0 radical (unpaired) electrons. The van der Waals surface area contributed by atoms with Crippen molar-refractivity contribution in [2.24, 2.45) is 11.8 Å². The molecule has 2 fully saturated rings. The van der Waals surface area contributed by atoms with Crippen LogP contribution in [0.25, 0.3) is 11.0 Å². The Morgan fingerprint density at radius 3 is 2.81 bits per heavy atom. The second-order valence-electron chi connectivity index (χ2n) is 7.74. The predicted octanol–water partition coefficient (Wildman–Crippen LogP) is 2.92. The number of carbonyl (C=O) groups is 1. The van der Waals surface area contributed by atoms with Gasteiger partial charge in [0.2, 0.25) is 5.91 Å². The van der Waals surface area contributed by atoms with Gasteiger partial charge in [0, 0.05) is 44.6 Å². The molecule has 2 aliphatic rings. The van der Waals surface area contributed by atoms with Crippen molar-refractivity contribution in [2.45, 2.75) is 19.9 Å². The van der Waals surface area contributed by atoms with Crippen molar-refractivity contribution in [3.8, 4) is 0 Å². The van der Waals surface area contributed by atoms with Gasteiger partial charge in [0.15, 0.2) is 0 Å². The van der Waals surface area contributed by atoms with Crippen molar-refractivity contribution in [1.82, 2.24) is 19.9 Å². The van der Waals surface area contributed by atoms with Crippen LogP contribution in [0, 0.1) is 18.8 Å². The quantitative estimate of drug-likeness (QED) is 0.762. The van der Waals surface area contributed by atoms with E-state index in [1.807, 2.05) is 12.3 Å². The van der Waals surface area contributed by atoms with Gasteiger partial charge >= 0.3 is 0 Å². The average Bonchev–Trinajstić information content (AvgIpc) is 3.35. The number of aromatic nitrogens is 3. The Labute approximate surface area is 158 Å². The molecule has 6 heteroatoms. The first-order valence-corrected chi connectivity index (χ1v) is 9.49. The number of aromatic amines is 1. The van der Waals surface area contributed by atoms with Crippen LogP contribution in [0.5, 0.6) is 0 Å². The minimum absolute atomic E-state index is 0.141. The highest BCUT2D eigenvalue weighted by atomic mass is 16.2. The molecule has 1 N–H and O–H groups in total. The van der Waals surface area contributed by atoms with Crippen molar-refractivity contribution in [1.29, 1.82) is 0 Å². The highest BCUT2D eigenvalue weighted by Crippen LogP contribution is 2.46.